The van der Waals surface area contributed by atoms with Gasteiger partial charge in [-0.15, -0.1) is 12.4 Å². The molecule has 5 rings (SSSR count). The second-order valence-corrected chi connectivity index (χ2v) is 8.23. The lowest BCUT2D eigenvalue weighted by molar-refractivity contribution is 0.0745. The van der Waals surface area contributed by atoms with E-state index in [1.165, 1.54) is 12.1 Å². The van der Waals surface area contributed by atoms with Gasteiger partial charge in [0.05, 0.1) is 22.3 Å². The summed E-state index contributed by atoms with van der Waals surface area (Å²) >= 11 is 0. The fraction of sp³-hybridized carbons (Fsp3) is 0.409. The van der Waals surface area contributed by atoms with E-state index in [9.17, 15) is 9.18 Å². The molecule has 3 heterocycles. The minimum absolute atomic E-state index is 0. The van der Waals surface area contributed by atoms with Crippen LogP contribution in [-0.4, -0.2) is 40.1 Å². The molecule has 2 N–H and O–H groups in total. The highest BCUT2D eigenvalue weighted by molar-refractivity contribution is 6.07. The van der Waals surface area contributed by atoms with Crippen molar-refractivity contribution >= 4 is 29.4 Å². The lowest BCUT2D eigenvalue weighted by Crippen LogP contribution is -2.34. The second kappa shape index (κ2) is 7.96. The molecule has 8 heteroatoms. The maximum absolute atomic E-state index is 13.6. The molecule has 1 aromatic carbocycles. The first kappa shape index (κ1) is 20.8. The average molecular weight is 431 g/mol. The van der Waals surface area contributed by atoms with Crippen LogP contribution in [0.25, 0.3) is 22.4 Å². The van der Waals surface area contributed by atoms with E-state index in [0.29, 0.717) is 47.3 Å². The van der Waals surface area contributed by atoms with Gasteiger partial charge in [0.2, 0.25) is 0 Å². The summed E-state index contributed by atoms with van der Waals surface area (Å²) in [7, 11) is 0. The summed E-state index contributed by atoms with van der Waals surface area (Å²) in [5.74, 6) is 0.275. The maximum atomic E-state index is 13.6. The van der Waals surface area contributed by atoms with E-state index in [4.69, 9.17) is 10.3 Å². The van der Waals surface area contributed by atoms with Crippen molar-refractivity contribution in [1.82, 2.24) is 15.0 Å². The Hall–Kier alpha value is -2.51. The van der Waals surface area contributed by atoms with Crippen LogP contribution in [0.4, 0.5) is 4.39 Å². The number of halogens is 2. The van der Waals surface area contributed by atoms with E-state index < -0.39 is 0 Å². The molecule has 2 fully saturated rings. The Morgan fingerprint density at radius 1 is 1.30 bits per heavy atom. The van der Waals surface area contributed by atoms with Crippen molar-refractivity contribution in [2.75, 3.05) is 13.1 Å². The first-order chi connectivity index (χ1) is 14.0. The number of rotatable bonds is 4. The van der Waals surface area contributed by atoms with Gasteiger partial charge < -0.3 is 15.2 Å². The van der Waals surface area contributed by atoms with Gasteiger partial charge in [-0.25, -0.2) is 9.37 Å². The van der Waals surface area contributed by atoms with Gasteiger partial charge in [0.25, 0.3) is 11.6 Å². The molecule has 1 amide bonds. The van der Waals surface area contributed by atoms with E-state index >= 15 is 0 Å². The number of carbonyl (C=O) groups is 1. The third-order valence-electron chi connectivity index (χ3n) is 6.06. The summed E-state index contributed by atoms with van der Waals surface area (Å²) in [6, 6.07) is 7.99. The number of nitrogens with zero attached hydrogens (tertiary/aromatic N) is 3. The highest BCUT2D eigenvalue weighted by Crippen LogP contribution is 2.44. The normalized spacial score (nSPS) is 21.1. The van der Waals surface area contributed by atoms with E-state index in [0.717, 1.165) is 30.5 Å². The molecule has 0 bridgehead atoms. The van der Waals surface area contributed by atoms with Gasteiger partial charge in [0, 0.05) is 24.1 Å². The zero-order chi connectivity index (χ0) is 20.1. The minimum Gasteiger partial charge on any atom is -0.336 e. The molecule has 6 nitrogen and oxygen atoms in total. The lowest BCUT2D eigenvalue weighted by atomic mass is 10.0. The van der Waals surface area contributed by atoms with Crippen molar-refractivity contribution in [3.63, 3.8) is 0 Å². The molecular weight excluding hydrogens is 407 g/mol. The molecule has 0 spiro atoms. The summed E-state index contributed by atoms with van der Waals surface area (Å²) in [5.41, 5.74) is 8.89. The van der Waals surface area contributed by atoms with E-state index in [-0.39, 0.29) is 30.2 Å². The van der Waals surface area contributed by atoms with Crippen LogP contribution in [0.5, 0.6) is 0 Å². The molecule has 1 aliphatic heterocycles. The number of aromatic nitrogens is 2. The monoisotopic (exact) mass is 430 g/mol. The van der Waals surface area contributed by atoms with Crippen molar-refractivity contribution in [3.05, 3.63) is 47.4 Å². The average Bonchev–Trinajstić information content (AvgIpc) is 3.37. The molecule has 1 saturated carbocycles. The number of benzene rings is 1. The van der Waals surface area contributed by atoms with Crippen molar-refractivity contribution in [2.24, 2.45) is 11.7 Å². The van der Waals surface area contributed by atoms with Crippen LogP contribution < -0.4 is 5.73 Å². The molecule has 0 radical (unpaired) electrons. The Labute approximate surface area is 180 Å². The predicted molar refractivity (Wildman–Crippen MR) is 114 cm³/mol. The Morgan fingerprint density at radius 3 is 2.67 bits per heavy atom. The number of hydrogen-bond acceptors (Lipinski definition) is 5. The van der Waals surface area contributed by atoms with Crippen LogP contribution >= 0.6 is 12.4 Å². The highest BCUT2D eigenvalue weighted by Gasteiger charge is 2.36. The fourth-order valence-corrected chi connectivity index (χ4v) is 4.30. The minimum atomic E-state index is -0.319. The Bertz CT molecular complexity index is 1080. The van der Waals surface area contributed by atoms with Crippen LogP contribution in [0.15, 0.2) is 34.9 Å². The highest BCUT2D eigenvalue weighted by atomic mass is 35.5. The SMILES string of the molecule is CC1CC(CN)CN1C(=O)c1cc(-c2ccc(F)cc2)nc2onc(C3CC3)c12.Cl. The number of carbonyl (C=O) groups excluding carboxylic acids is 1. The third-order valence-corrected chi connectivity index (χ3v) is 6.06. The lowest BCUT2D eigenvalue weighted by Gasteiger charge is -2.22. The zero-order valence-electron chi connectivity index (χ0n) is 16.7. The van der Waals surface area contributed by atoms with Crippen molar-refractivity contribution < 1.29 is 13.7 Å². The Balaban J connectivity index is 0.00000218. The van der Waals surface area contributed by atoms with Gasteiger partial charge in [-0.1, -0.05) is 5.16 Å². The molecule has 2 atom stereocenters. The van der Waals surface area contributed by atoms with Gasteiger partial charge in [-0.2, -0.15) is 0 Å². The van der Waals surface area contributed by atoms with E-state index in [2.05, 4.69) is 17.1 Å². The maximum Gasteiger partial charge on any atom is 0.259 e. The van der Waals surface area contributed by atoms with Gasteiger partial charge in [-0.05, 0) is 69.0 Å². The molecule has 2 aliphatic rings. The molecule has 2 unspecified atom stereocenters. The summed E-state index contributed by atoms with van der Waals surface area (Å²) in [5, 5.41) is 4.95. The number of amides is 1. The summed E-state index contributed by atoms with van der Waals surface area (Å²) in [6.45, 7) is 3.28. The van der Waals surface area contributed by atoms with Crippen LogP contribution in [-0.2, 0) is 0 Å². The molecule has 30 heavy (non-hydrogen) atoms. The number of pyridine rings is 1. The van der Waals surface area contributed by atoms with Crippen LogP contribution in [0.3, 0.4) is 0 Å². The van der Waals surface area contributed by atoms with Crippen LogP contribution in [0, 0.1) is 11.7 Å². The van der Waals surface area contributed by atoms with Gasteiger partial charge in [0.15, 0.2) is 0 Å². The molecule has 3 aromatic rings. The molecule has 1 aliphatic carbocycles. The molecule has 158 valence electrons. The van der Waals surface area contributed by atoms with Gasteiger partial charge in [0.1, 0.15) is 5.82 Å². The molecular formula is C22H24ClFN4O2. The van der Waals surface area contributed by atoms with Gasteiger partial charge in [-0.3, -0.25) is 4.79 Å². The summed E-state index contributed by atoms with van der Waals surface area (Å²) in [4.78, 5) is 20.1. The van der Waals surface area contributed by atoms with E-state index in [1.807, 2.05) is 4.90 Å². The van der Waals surface area contributed by atoms with Crippen molar-refractivity contribution in [1.29, 1.82) is 0 Å². The Morgan fingerprint density at radius 2 is 2.03 bits per heavy atom. The van der Waals surface area contributed by atoms with Crippen molar-refractivity contribution in [3.8, 4) is 11.3 Å². The Kier molecular flexibility index (Phi) is 5.51. The quantitative estimate of drug-likeness (QED) is 0.672. The second-order valence-electron chi connectivity index (χ2n) is 8.23. The van der Waals surface area contributed by atoms with Crippen molar-refractivity contribution in [2.45, 2.75) is 38.1 Å². The first-order valence-electron chi connectivity index (χ1n) is 10.1. The zero-order valence-corrected chi connectivity index (χ0v) is 17.5. The molecule has 2 aromatic heterocycles. The number of likely N-dealkylation sites (tertiary alicyclic amines) is 1. The number of nitrogens with two attached hydrogens (primary N) is 1. The largest absolute Gasteiger partial charge is 0.336 e. The topological polar surface area (TPSA) is 85.2 Å². The summed E-state index contributed by atoms with van der Waals surface area (Å²) < 4.78 is 18.9. The molecule has 1 saturated heterocycles. The van der Waals surface area contributed by atoms with Gasteiger partial charge >= 0.3 is 0 Å². The smallest absolute Gasteiger partial charge is 0.259 e. The summed E-state index contributed by atoms with van der Waals surface area (Å²) in [6.07, 6.45) is 3.00. The first-order valence-corrected chi connectivity index (χ1v) is 10.1. The third kappa shape index (κ3) is 3.56. The standard InChI is InChI=1S/C22H23FN4O2.ClH/c1-12-8-13(10-24)11-27(12)22(28)17-9-18(14-4-6-16(23)7-5-14)25-21-19(17)20(26-29-21)15-2-3-15;/h4-7,9,12-13,15H,2-3,8,10-11,24H2,1H3;1H. The van der Waals surface area contributed by atoms with Crippen LogP contribution in [0.2, 0.25) is 0 Å². The fourth-order valence-electron chi connectivity index (χ4n) is 4.30. The number of fused-ring (bicyclic) bond motifs is 1. The van der Waals surface area contributed by atoms with Crippen LogP contribution in [0.1, 0.15) is 48.2 Å². The predicted octanol–water partition coefficient (Wildman–Crippen LogP) is 4.14. The number of hydrogen-bond donors (Lipinski definition) is 1. The van der Waals surface area contributed by atoms with E-state index in [1.54, 1.807) is 18.2 Å².